The molecule has 24 heavy (non-hydrogen) atoms. The van der Waals surface area contributed by atoms with E-state index >= 15 is 0 Å². The summed E-state index contributed by atoms with van der Waals surface area (Å²) in [5, 5.41) is 17.8. The number of aromatic nitrogens is 4. The highest BCUT2D eigenvalue weighted by Gasteiger charge is 2.34. The van der Waals surface area contributed by atoms with Crippen LogP contribution < -0.4 is 11.0 Å². The summed E-state index contributed by atoms with van der Waals surface area (Å²) in [6.45, 7) is 0.639. The van der Waals surface area contributed by atoms with Gasteiger partial charge < -0.3 is 15.0 Å². The van der Waals surface area contributed by atoms with E-state index in [0.29, 0.717) is 24.4 Å². The van der Waals surface area contributed by atoms with Crippen molar-refractivity contribution in [1.29, 1.82) is 0 Å². The molecule has 2 aromatic heterocycles. The Kier molecular flexibility index (Phi) is 4.51. The zero-order valence-corrected chi connectivity index (χ0v) is 14.3. The summed E-state index contributed by atoms with van der Waals surface area (Å²) in [6.07, 6.45) is 5.40. The highest BCUT2D eigenvalue weighted by atomic mass is 35.5. The predicted octanol–water partition coefficient (Wildman–Crippen LogP) is 0.143. The van der Waals surface area contributed by atoms with Crippen LogP contribution >= 0.6 is 11.6 Å². The number of amides is 1. The van der Waals surface area contributed by atoms with Crippen molar-refractivity contribution in [2.24, 2.45) is 20.0 Å². The number of aliphatic hydroxyl groups is 1. The van der Waals surface area contributed by atoms with Crippen molar-refractivity contribution >= 4 is 17.5 Å². The minimum absolute atomic E-state index is 0.195. The molecule has 1 unspecified atom stereocenters. The summed E-state index contributed by atoms with van der Waals surface area (Å²) >= 11 is 5.85. The third-order valence-corrected chi connectivity index (χ3v) is 4.68. The van der Waals surface area contributed by atoms with Gasteiger partial charge in [-0.05, 0) is 18.8 Å². The van der Waals surface area contributed by atoms with E-state index in [1.807, 2.05) is 0 Å². The molecule has 9 heteroatoms. The number of hydrogen-bond acceptors (Lipinski definition) is 4. The number of carbonyl (C=O) groups is 1. The number of rotatable bonds is 4. The maximum Gasteiger partial charge on any atom is 0.328 e. The summed E-state index contributed by atoms with van der Waals surface area (Å²) in [5.74, 6) is -0.164. The molecule has 1 amide bonds. The molecule has 0 saturated heterocycles. The normalized spacial score (nSPS) is 23.6. The lowest BCUT2D eigenvalue weighted by Crippen LogP contribution is -2.41. The molecule has 130 valence electrons. The summed E-state index contributed by atoms with van der Waals surface area (Å²) < 4.78 is 4.38. The number of nitrogens with one attached hydrogen (secondary N) is 1. The first-order valence-electron chi connectivity index (χ1n) is 7.74. The highest BCUT2D eigenvalue weighted by molar-refractivity contribution is 6.30. The van der Waals surface area contributed by atoms with Crippen LogP contribution in [0.5, 0.6) is 0 Å². The monoisotopic (exact) mass is 353 g/mol. The van der Waals surface area contributed by atoms with E-state index in [4.69, 9.17) is 11.6 Å². The number of aryl methyl sites for hydroxylation is 1. The van der Waals surface area contributed by atoms with Gasteiger partial charge in [-0.1, -0.05) is 11.6 Å². The van der Waals surface area contributed by atoms with Crippen molar-refractivity contribution < 1.29 is 9.90 Å². The second-order valence-corrected chi connectivity index (χ2v) is 6.77. The predicted molar refractivity (Wildman–Crippen MR) is 87.9 cm³/mol. The molecule has 1 fully saturated rings. The average Bonchev–Trinajstić information content (AvgIpc) is 3.15. The summed E-state index contributed by atoms with van der Waals surface area (Å²) in [4.78, 5) is 24.1. The number of hydrogen-bond donors (Lipinski definition) is 2. The SMILES string of the molecule is Cn1cc(C(=O)N[C@@H]2CC(Cn3cc(Cl)cn3)C[C@H]2O)n(C)c1=O. The Bertz CT molecular complexity index is 808. The van der Waals surface area contributed by atoms with Crippen LogP contribution in [-0.4, -0.2) is 42.1 Å². The fraction of sp³-hybridized carbons (Fsp3) is 0.533. The fourth-order valence-corrected chi connectivity index (χ4v) is 3.40. The van der Waals surface area contributed by atoms with Crippen LogP contribution in [0, 0.1) is 5.92 Å². The Morgan fingerprint density at radius 2 is 2.17 bits per heavy atom. The quantitative estimate of drug-likeness (QED) is 0.817. The molecule has 0 bridgehead atoms. The number of halogens is 1. The molecule has 3 atom stereocenters. The molecule has 3 rings (SSSR count). The molecule has 1 aliphatic rings. The smallest absolute Gasteiger partial charge is 0.328 e. The first kappa shape index (κ1) is 16.8. The number of imidazole rings is 1. The number of carbonyl (C=O) groups excluding carboxylic acids is 1. The highest BCUT2D eigenvalue weighted by Crippen LogP contribution is 2.28. The van der Waals surface area contributed by atoms with Crippen LogP contribution in [0.3, 0.4) is 0 Å². The van der Waals surface area contributed by atoms with Crippen LogP contribution in [0.4, 0.5) is 0 Å². The molecule has 8 nitrogen and oxygen atoms in total. The maximum atomic E-state index is 12.4. The molecule has 0 aromatic carbocycles. The Hall–Kier alpha value is -2.06. The topological polar surface area (TPSA) is 94.1 Å². The van der Waals surface area contributed by atoms with Gasteiger partial charge in [0.05, 0.1) is 23.4 Å². The van der Waals surface area contributed by atoms with Gasteiger partial charge in [-0.2, -0.15) is 5.10 Å². The van der Waals surface area contributed by atoms with Gasteiger partial charge in [0.15, 0.2) is 0 Å². The number of nitrogens with zero attached hydrogens (tertiary/aromatic N) is 4. The molecule has 2 N–H and O–H groups in total. The Morgan fingerprint density at radius 3 is 2.75 bits per heavy atom. The second kappa shape index (κ2) is 6.45. The van der Waals surface area contributed by atoms with Gasteiger partial charge in [0, 0.05) is 33.0 Å². The van der Waals surface area contributed by atoms with E-state index in [9.17, 15) is 14.7 Å². The minimum Gasteiger partial charge on any atom is -0.391 e. The Labute approximate surface area is 143 Å². The van der Waals surface area contributed by atoms with Crippen molar-refractivity contribution in [2.75, 3.05) is 0 Å². The van der Waals surface area contributed by atoms with E-state index in [2.05, 4.69) is 10.4 Å². The van der Waals surface area contributed by atoms with Gasteiger partial charge in [0.2, 0.25) is 0 Å². The first-order valence-corrected chi connectivity index (χ1v) is 8.12. The van der Waals surface area contributed by atoms with E-state index in [0.717, 1.165) is 0 Å². The lowest BCUT2D eigenvalue weighted by Gasteiger charge is -2.16. The molecule has 1 aliphatic carbocycles. The van der Waals surface area contributed by atoms with Gasteiger partial charge in [-0.3, -0.25) is 14.0 Å². The molecular weight excluding hydrogens is 334 g/mol. The van der Waals surface area contributed by atoms with Gasteiger partial charge in [0.25, 0.3) is 5.91 Å². The van der Waals surface area contributed by atoms with Crippen LogP contribution in [0.15, 0.2) is 23.4 Å². The van der Waals surface area contributed by atoms with Gasteiger partial charge >= 0.3 is 5.69 Å². The van der Waals surface area contributed by atoms with Crippen LogP contribution in [0.2, 0.25) is 5.02 Å². The van der Waals surface area contributed by atoms with Crippen molar-refractivity contribution in [2.45, 2.75) is 31.5 Å². The average molecular weight is 354 g/mol. The standard InChI is InChI=1S/C15H20ClN5O3/c1-19-8-12(20(2)15(19)24)14(23)18-11-3-9(4-13(11)22)6-21-7-10(16)5-17-21/h5,7-9,11,13,22H,3-4,6H2,1-2H3,(H,18,23)/t9?,11-,13-/m1/s1. The zero-order valence-electron chi connectivity index (χ0n) is 13.5. The van der Waals surface area contributed by atoms with Gasteiger partial charge in [-0.25, -0.2) is 4.79 Å². The van der Waals surface area contributed by atoms with Gasteiger partial charge in [-0.15, -0.1) is 0 Å². The molecule has 2 heterocycles. The second-order valence-electron chi connectivity index (χ2n) is 6.33. The largest absolute Gasteiger partial charge is 0.391 e. The third-order valence-electron chi connectivity index (χ3n) is 4.49. The molecular formula is C15H20ClN5O3. The lowest BCUT2D eigenvalue weighted by molar-refractivity contribution is 0.0864. The van der Waals surface area contributed by atoms with E-state index in [-0.39, 0.29) is 29.3 Å². The van der Waals surface area contributed by atoms with E-state index < -0.39 is 6.10 Å². The summed E-state index contributed by atoms with van der Waals surface area (Å²) in [6, 6.07) is -0.344. The van der Waals surface area contributed by atoms with Crippen molar-refractivity contribution in [1.82, 2.24) is 24.2 Å². The summed E-state index contributed by atoms with van der Waals surface area (Å²) in [7, 11) is 3.14. The van der Waals surface area contributed by atoms with Crippen molar-refractivity contribution in [3.63, 3.8) is 0 Å². The fourth-order valence-electron chi connectivity index (χ4n) is 3.24. The van der Waals surface area contributed by atoms with Gasteiger partial charge in [0.1, 0.15) is 5.69 Å². The molecule has 0 radical (unpaired) electrons. The molecule has 0 aliphatic heterocycles. The molecule has 0 spiro atoms. The molecule has 1 saturated carbocycles. The zero-order chi connectivity index (χ0) is 17.4. The van der Waals surface area contributed by atoms with Crippen LogP contribution in [0.1, 0.15) is 23.3 Å². The summed E-state index contributed by atoms with van der Waals surface area (Å²) in [5.41, 5.74) is 0.0116. The van der Waals surface area contributed by atoms with Crippen LogP contribution in [-0.2, 0) is 20.6 Å². The Morgan fingerprint density at radius 1 is 1.42 bits per heavy atom. The third kappa shape index (κ3) is 3.25. The number of aliphatic hydroxyl groups excluding tert-OH is 1. The Balaban J connectivity index is 1.64. The first-order chi connectivity index (χ1) is 11.3. The van der Waals surface area contributed by atoms with E-state index in [1.165, 1.54) is 15.3 Å². The minimum atomic E-state index is -0.620. The van der Waals surface area contributed by atoms with Crippen molar-refractivity contribution in [3.05, 3.63) is 39.8 Å². The maximum absolute atomic E-state index is 12.4. The van der Waals surface area contributed by atoms with Crippen LogP contribution in [0.25, 0.3) is 0 Å². The molecule has 2 aromatic rings. The van der Waals surface area contributed by atoms with E-state index in [1.54, 1.807) is 31.2 Å². The van der Waals surface area contributed by atoms with Crippen molar-refractivity contribution in [3.8, 4) is 0 Å². The lowest BCUT2D eigenvalue weighted by atomic mass is 10.1.